The van der Waals surface area contributed by atoms with Gasteiger partial charge in [-0.3, -0.25) is 4.72 Å². The summed E-state index contributed by atoms with van der Waals surface area (Å²) in [4.78, 5) is 0. The van der Waals surface area contributed by atoms with E-state index in [1.807, 2.05) is 0 Å². The average Bonchev–Trinajstić information content (AvgIpc) is 2.38. The molecule has 0 saturated carbocycles. The van der Waals surface area contributed by atoms with Crippen LogP contribution in [0, 0.1) is 30.1 Å². The van der Waals surface area contributed by atoms with Gasteiger partial charge in [0.15, 0.2) is 5.25 Å². The van der Waals surface area contributed by atoms with Crippen LogP contribution in [0.1, 0.15) is 18.1 Å². The summed E-state index contributed by atoms with van der Waals surface area (Å²) in [6.07, 6.45) is 0. The lowest BCUT2D eigenvalue weighted by atomic mass is 10.1. The molecule has 0 bridgehead atoms. The van der Waals surface area contributed by atoms with Gasteiger partial charge in [0.05, 0.1) is 11.8 Å². The standard InChI is InChI=1S/C13H14N2O3S/c1-10-8-12(4-3-7-16)5-6-13(10)15-19(17,18)11(2)9-14/h5-6,8,11,15-16H,7H2,1-2H3. The summed E-state index contributed by atoms with van der Waals surface area (Å²) >= 11 is 0. The molecule has 0 aliphatic carbocycles. The summed E-state index contributed by atoms with van der Waals surface area (Å²) in [5, 5.41) is 16.1. The summed E-state index contributed by atoms with van der Waals surface area (Å²) in [5.41, 5.74) is 1.79. The van der Waals surface area contributed by atoms with Gasteiger partial charge < -0.3 is 5.11 Å². The van der Waals surface area contributed by atoms with E-state index < -0.39 is 15.3 Å². The molecule has 1 unspecified atom stereocenters. The topological polar surface area (TPSA) is 90.2 Å². The Morgan fingerprint density at radius 3 is 2.68 bits per heavy atom. The minimum Gasteiger partial charge on any atom is -0.384 e. The quantitative estimate of drug-likeness (QED) is 0.807. The Kier molecular flexibility index (Phi) is 4.94. The highest BCUT2D eigenvalue weighted by Crippen LogP contribution is 2.18. The number of hydrogen-bond donors (Lipinski definition) is 2. The van der Waals surface area contributed by atoms with Crippen LogP contribution in [0.2, 0.25) is 0 Å². The normalized spacial score (nSPS) is 11.9. The SMILES string of the molecule is Cc1cc(C#CCO)ccc1NS(=O)(=O)C(C)C#N. The largest absolute Gasteiger partial charge is 0.384 e. The maximum atomic E-state index is 11.7. The van der Waals surface area contributed by atoms with E-state index in [2.05, 4.69) is 16.6 Å². The Bertz CT molecular complexity index is 663. The van der Waals surface area contributed by atoms with E-state index in [4.69, 9.17) is 10.4 Å². The second-order valence-corrected chi connectivity index (χ2v) is 5.91. The average molecular weight is 278 g/mol. The van der Waals surface area contributed by atoms with Crippen molar-refractivity contribution < 1.29 is 13.5 Å². The zero-order valence-corrected chi connectivity index (χ0v) is 11.5. The molecule has 100 valence electrons. The highest BCUT2D eigenvalue weighted by atomic mass is 32.2. The summed E-state index contributed by atoms with van der Waals surface area (Å²) in [5.74, 6) is 5.24. The van der Waals surface area contributed by atoms with Crippen molar-refractivity contribution in [3.63, 3.8) is 0 Å². The number of aliphatic hydroxyl groups is 1. The van der Waals surface area contributed by atoms with Crippen LogP contribution in [-0.2, 0) is 10.0 Å². The minimum absolute atomic E-state index is 0.229. The van der Waals surface area contributed by atoms with Gasteiger partial charge >= 0.3 is 0 Å². The molecule has 5 nitrogen and oxygen atoms in total. The van der Waals surface area contributed by atoms with E-state index in [0.717, 1.165) is 0 Å². The number of rotatable bonds is 3. The molecule has 1 aromatic rings. The number of nitrogens with zero attached hydrogens (tertiary/aromatic N) is 1. The number of benzene rings is 1. The van der Waals surface area contributed by atoms with Crippen molar-refractivity contribution in [3.05, 3.63) is 29.3 Å². The van der Waals surface area contributed by atoms with Crippen LogP contribution in [0.4, 0.5) is 5.69 Å². The number of aryl methyl sites for hydroxylation is 1. The molecule has 2 N–H and O–H groups in total. The van der Waals surface area contributed by atoms with E-state index in [-0.39, 0.29) is 6.61 Å². The van der Waals surface area contributed by atoms with Crippen molar-refractivity contribution in [1.29, 1.82) is 5.26 Å². The van der Waals surface area contributed by atoms with E-state index in [1.54, 1.807) is 31.2 Å². The monoisotopic (exact) mass is 278 g/mol. The van der Waals surface area contributed by atoms with E-state index >= 15 is 0 Å². The molecule has 19 heavy (non-hydrogen) atoms. The molecule has 0 aliphatic rings. The van der Waals surface area contributed by atoms with Gasteiger partial charge in [-0.05, 0) is 37.6 Å². The third-order valence-electron chi connectivity index (χ3n) is 2.44. The molecule has 1 rings (SSSR count). The predicted molar refractivity (Wildman–Crippen MR) is 72.8 cm³/mol. The van der Waals surface area contributed by atoms with Crippen molar-refractivity contribution in [1.82, 2.24) is 0 Å². The maximum Gasteiger partial charge on any atom is 0.248 e. The Morgan fingerprint density at radius 2 is 2.16 bits per heavy atom. The second kappa shape index (κ2) is 6.24. The molecule has 1 aromatic carbocycles. The van der Waals surface area contributed by atoms with Crippen molar-refractivity contribution in [2.24, 2.45) is 0 Å². The molecule has 0 amide bonds. The molecular weight excluding hydrogens is 264 g/mol. The fourth-order valence-electron chi connectivity index (χ4n) is 1.31. The first-order valence-corrected chi connectivity index (χ1v) is 7.07. The van der Waals surface area contributed by atoms with E-state index in [9.17, 15) is 8.42 Å². The van der Waals surface area contributed by atoms with Crippen LogP contribution in [0.5, 0.6) is 0 Å². The van der Waals surface area contributed by atoms with Gasteiger partial charge in [-0.1, -0.05) is 11.8 Å². The van der Waals surface area contributed by atoms with Crippen molar-refractivity contribution in [2.45, 2.75) is 19.1 Å². The molecule has 0 heterocycles. The first-order chi connectivity index (χ1) is 8.90. The summed E-state index contributed by atoms with van der Waals surface area (Å²) in [6, 6.07) is 6.61. The second-order valence-electron chi connectivity index (χ2n) is 3.91. The van der Waals surface area contributed by atoms with Crippen LogP contribution in [0.3, 0.4) is 0 Å². The Morgan fingerprint density at radius 1 is 1.47 bits per heavy atom. The fraction of sp³-hybridized carbons (Fsp3) is 0.308. The zero-order valence-electron chi connectivity index (χ0n) is 10.6. The van der Waals surface area contributed by atoms with Gasteiger partial charge in [-0.25, -0.2) is 8.42 Å². The number of hydrogen-bond acceptors (Lipinski definition) is 4. The third-order valence-corrected chi connectivity index (χ3v) is 3.98. The Hall–Kier alpha value is -2.02. The molecule has 0 radical (unpaired) electrons. The van der Waals surface area contributed by atoms with E-state index in [0.29, 0.717) is 16.8 Å². The first-order valence-electron chi connectivity index (χ1n) is 5.52. The molecule has 0 spiro atoms. The fourth-order valence-corrected chi connectivity index (χ4v) is 2.16. The van der Waals surface area contributed by atoms with E-state index in [1.165, 1.54) is 6.92 Å². The van der Waals surface area contributed by atoms with Crippen LogP contribution in [-0.4, -0.2) is 25.4 Å². The van der Waals surface area contributed by atoms with Gasteiger partial charge in [0, 0.05) is 5.56 Å². The highest BCUT2D eigenvalue weighted by Gasteiger charge is 2.20. The number of nitriles is 1. The molecule has 1 atom stereocenters. The van der Waals surface area contributed by atoms with Gasteiger partial charge in [-0.2, -0.15) is 5.26 Å². The highest BCUT2D eigenvalue weighted by molar-refractivity contribution is 7.93. The molecule has 0 saturated heterocycles. The summed E-state index contributed by atoms with van der Waals surface area (Å²) in [7, 11) is -3.70. The molecular formula is C13H14N2O3S. The van der Waals surface area contributed by atoms with Crippen molar-refractivity contribution in [2.75, 3.05) is 11.3 Å². The van der Waals surface area contributed by atoms with Crippen LogP contribution < -0.4 is 4.72 Å². The lowest BCUT2D eigenvalue weighted by molar-refractivity contribution is 0.350. The lowest BCUT2D eigenvalue weighted by Crippen LogP contribution is -2.24. The zero-order chi connectivity index (χ0) is 14.5. The van der Waals surface area contributed by atoms with Crippen molar-refractivity contribution >= 4 is 15.7 Å². The summed E-state index contributed by atoms with van der Waals surface area (Å²) < 4.78 is 25.9. The molecule has 0 aromatic heterocycles. The van der Waals surface area contributed by atoms with Gasteiger partial charge in [0.1, 0.15) is 6.61 Å². The third kappa shape index (κ3) is 3.99. The van der Waals surface area contributed by atoms with Gasteiger partial charge in [0.25, 0.3) is 0 Å². The van der Waals surface area contributed by atoms with Crippen LogP contribution in [0.25, 0.3) is 0 Å². The number of nitrogens with one attached hydrogen (secondary N) is 1. The Labute approximate surface area is 112 Å². The lowest BCUT2D eigenvalue weighted by Gasteiger charge is -2.11. The predicted octanol–water partition coefficient (Wildman–Crippen LogP) is 0.993. The van der Waals surface area contributed by atoms with Crippen molar-refractivity contribution in [3.8, 4) is 17.9 Å². The number of aliphatic hydroxyl groups excluding tert-OH is 1. The molecule has 0 aliphatic heterocycles. The minimum atomic E-state index is -3.70. The molecule has 0 fully saturated rings. The van der Waals surface area contributed by atoms with Crippen LogP contribution in [0.15, 0.2) is 18.2 Å². The molecule has 6 heteroatoms. The van der Waals surface area contributed by atoms with Crippen LogP contribution >= 0.6 is 0 Å². The number of sulfonamides is 1. The van der Waals surface area contributed by atoms with Gasteiger partial charge in [0.2, 0.25) is 10.0 Å². The first kappa shape index (κ1) is 15.0. The maximum absolute atomic E-state index is 11.7. The summed E-state index contributed by atoms with van der Waals surface area (Å²) in [6.45, 7) is 2.82. The smallest absolute Gasteiger partial charge is 0.248 e. The Balaban J connectivity index is 3.03. The van der Waals surface area contributed by atoms with Gasteiger partial charge in [-0.15, -0.1) is 0 Å². The number of anilines is 1.